The third kappa shape index (κ3) is 3.46. The van der Waals surface area contributed by atoms with Gasteiger partial charge < -0.3 is 4.74 Å². The third-order valence-corrected chi connectivity index (χ3v) is 3.03. The lowest BCUT2D eigenvalue weighted by molar-refractivity contribution is 0.0918. The minimum Gasteiger partial charge on any atom is -0.482 e. The van der Waals surface area contributed by atoms with Crippen LogP contribution in [-0.4, -0.2) is 12.4 Å². The van der Waals surface area contributed by atoms with Crippen LogP contribution in [0.3, 0.4) is 0 Å². The van der Waals surface area contributed by atoms with Crippen LogP contribution in [0.5, 0.6) is 5.75 Å². The van der Waals surface area contributed by atoms with Gasteiger partial charge in [0, 0.05) is 16.7 Å². The molecule has 2 rings (SSSR count). The number of rotatable bonds is 4. The number of ketones is 1. The van der Waals surface area contributed by atoms with Gasteiger partial charge in [0.15, 0.2) is 18.2 Å². The molecule has 2 nitrogen and oxygen atoms in total. The van der Waals surface area contributed by atoms with Gasteiger partial charge in [0.1, 0.15) is 5.82 Å². The number of ether oxygens (including phenoxy) is 1. The highest BCUT2D eigenvalue weighted by Crippen LogP contribution is 2.22. The molecule has 0 saturated heterocycles. The normalized spacial score (nSPS) is 10.4. The molecule has 0 unspecified atom stereocenters. The Morgan fingerprint density at radius 1 is 1.10 bits per heavy atom. The van der Waals surface area contributed by atoms with E-state index >= 15 is 0 Å². The smallest absolute Gasteiger partial charge is 0.201 e. The van der Waals surface area contributed by atoms with E-state index in [1.807, 2.05) is 0 Å². The Kier molecular flexibility index (Phi) is 4.57. The molecule has 0 bridgehead atoms. The summed E-state index contributed by atoms with van der Waals surface area (Å²) in [7, 11) is 0. The molecule has 6 heteroatoms. The molecule has 104 valence electrons. The van der Waals surface area contributed by atoms with Crippen LogP contribution < -0.4 is 4.74 Å². The number of benzene rings is 2. The number of carbonyl (C=O) groups excluding carboxylic acids is 1. The molecule has 0 aliphatic rings. The van der Waals surface area contributed by atoms with Gasteiger partial charge in [0.2, 0.25) is 5.78 Å². The highest BCUT2D eigenvalue weighted by Gasteiger charge is 2.13. The van der Waals surface area contributed by atoms with Crippen LogP contribution in [0.1, 0.15) is 10.4 Å². The maximum atomic E-state index is 13.3. The van der Waals surface area contributed by atoms with E-state index in [1.54, 1.807) is 0 Å². The first-order valence-corrected chi connectivity index (χ1v) is 6.29. The zero-order valence-corrected chi connectivity index (χ0v) is 11.5. The summed E-state index contributed by atoms with van der Waals surface area (Å²) < 4.78 is 31.2. The summed E-state index contributed by atoms with van der Waals surface area (Å²) >= 11 is 11.6. The van der Waals surface area contributed by atoms with Gasteiger partial charge in [-0.05, 0) is 30.3 Å². The molecule has 0 heterocycles. The van der Waals surface area contributed by atoms with Crippen molar-refractivity contribution < 1.29 is 18.3 Å². The summed E-state index contributed by atoms with van der Waals surface area (Å²) in [5.74, 6) is -2.20. The molecular formula is C14H8Cl2F2O2. The zero-order valence-electron chi connectivity index (χ0n) is 10.00. The van der Waals surface area contributed by atoms with Gasteiger partial charge in [-0.15, -0.1) is 0 Å². The summed E-state index contributed by atoms with van der Waals surface area (Å²) in [6, 6.07) is 7.11. The zero-order chi connectivity index (χ0) is 14.7. The maximum absolute atomic E-state index is 13.3. The molecule has 0 saturated carbocycles. The Bertz CT molecular complexity index is 660. The second kappa shape index (κ2) is 6.20. The van der Waals surface area contributed by atoms with Crippen molar-refractivity contribution in [2.75, 3.05) is 6.61 Å². The van der Waals surface area contributed by atoms with Gasteiger partial charge in [0.25, 0.3) is 0 Å². The number of carbonyl (C=O) groups is 1. The quantitative estimate of drug-likeness (QED) is 0.774. The first kappa shape index (κ1) is 14.8. The van der Waals surface area contributed by atoms with Crippen molar-refractivity contribution in [3.05, 3.63) is 63.6 Å². The molecule has 0 radical (unpaired) electrons. The van der Waals surface area contributed by atoms with Gasteiger partial charge in [-0.1, -0.05) is 23.2 Å². The molecule has 2 aromatic carbocycles. The fourth-order valence-corrected chi connectivity index (χ4v) is 2.04. The van der Waals surface area contributed by atoms with Gasteiger partial charge in [-0.2, -0.15) is 0 Å². The largest absolute Gasteiger partial charge is 0.482 e. The van der Waals surface area contributed by atoms with Crippen molar-refractivity contribution in [2.24, 2.45) is 0 Å². The number of Topliss-reactive ketones (excluding diaryl/α,β-unsaturated/α-hetero) is 1. The van der Waals surface area contributed by atoms with E-state index in [4.69, 9.17) is 27.9 Å². The molecular weight excluding hydrogens is 309 g/mol. The summed E-state index contributed by atoms with van der Waals surface area (Å²) in [4.78, 5) is 11.9. The number of hydrogen-bond acceptors (Lipinski definition) is 2. The lowest BCUT2D eigenvalue weighted by Gasteiger charge is -2.08. The molecule has 0 amide bonds. The molecule has 0 N–H and O–H groups in total. The lowest BCUT2D eigenvalue weighted by atomic mass is 10.1. The predicted molar refractivity (Wildman–Crippen MR) is 72.6 cm³/mol. The molecule has 0 aromatic heterocycles. The van der Waals surface area contributed by atoms with E-state index in [2.05, 4.69) is 0 Å². The van der Waals surface area contributed by atoms with E-state index in [9.17, 15) is 13.6 Å². The minimum absolute atomic E-state index is 0.172. The Morgan fingerprint density at radius 2 is 1.85 bits per heavy atom. The van der Waals surface area contributed by atoms with E-state index < -0.39 is 24.0 Å². The number of halogens is 4. The first-order chi connectivity index (χ1) is 9.47. The summed E-state index contributed by atoms with van der Waals surface area (Å²) in [6.45, 7) is -0.457. The van der Waals surface area contributed by atoms with Gasteiger partial charge >= 0.3 is 0 Å². The van der Waals surface area contributed by atoms with Crippen LogP contribution in [0.4, 0.5) is 8.78 Å². The predicted octanol–water partition coefficient (Wildman–Crippen LogP) is 4.53. The SMILES string of the molecule is O=C(COc1cc(F)ccc1F)c1ccc(Cl)cc1Cl. The molecule has 0 spiro atoms. The third-order valence-electron chi connectivity index (χ3n) is 2.48. The van der Waals surface area contributed by atoms with Gasteiger partial charge in [-0.3, -0.25) is 4.79 Å². The average Bonchev–Trinajstić information content (AvgIpc) is 2.39. The van der Waals surface area contributed by atoms with Crippen LogP contribution in [0, 0.1) is 11.6 Å². The summed E-state index contributed by atoms with van der Waals surface area (Å²) in [5, 5.41) is 0.564. The molecule has 2 aromatic rings. The van der Waals surface area contributed by atoms with Crippen molar-refractivity contribution in [1.29, 1.82) is 0 Å². The Morgan fingerprint density at radius 3 is 2.55 bits per heavy atom. The summed E-state index contributed by atoms with van der Waals surface area (Å²) in [6.07, 6.45) is 0. The molecule has 0 aliphatic heterocycles. The Balaban J connectivity index is 2.10. The van der Waals surface area contributed by atoms with E-state index in [1.165, 1.54) is 18.2 Å². The topological polar surface area (TPSA) is 26.3 Å². The molecule has 0 atom stereocenters. The Labute approximate surface area is 123 Å². The fraction of sp³-hybridized carbons (Fsp3) is 0.0714. The van der Waals surface area contributed by atoms with Crippen LogP contribution in [0.2, 0.25) is 10.0 Å². The highest BCUT2D eigenvalue weighted by molar-refractivity contribution is 6.36. The van der Waals surface area contributed by atoms with Gasteiger partial charge in [0.05, 0.1) is 5.02 Å². The number of hydrogen-bond donors (Lipinski definition) is 0. The van der Waals surface area contributed by atoms with Crippen molar-refractivity contribution in [2.45, 2.75) is 0 Å². The second-order valence-electron chi connectivity index (χ2n) is 3.91. The summed E-state index contributed by atoms with van der Waals surface area (Å²) in [5.41, 5.74) is 0.202. The first-order valence-electron chi connectivity index (χ1n) is 5.53. The molecule has 0 fully saturated rings. The van der Waals surface area contributed by atoms with Crippen molar-refractivity contribution in [3.8, 4) is 5.75 Å². The fourth-order valence-electron chi connectivity index (χ4n) is 1.52. The van der Waals surface area contributed by atoms with Crippen LogP contribution >= 0.6 is 23.2 Å². The second-order valence-corrected chi connectivity index (χ2v) is 4.75. The van der Waals surface area contributed by atoms with Crippen LogP contribution in [0.15, 0.2) is 36.4 Å². The lowest BCUT2D eigenvalue weighted by Crippen LogP contribution is -2.12. The molecule has 20 heavy (non-hydrogen) atoms. The Hall–Kier alpha value is -1.65. The van der Waals surface area contributed by atoms with E-state index in [0.717, 1.165) is 18.2 Å². The van der Waals surface area contributed by atoms with Crippen LogP contribution in [0.25, 0.3) is 0 Å². The maximum Gasteiger partial charge on any atom is 0.201 e. The minimum atomic E-state index is -0.749. The van der Waals surface area contributed by atoms with E-state index in [-0.39, 0.29) is 16.3 Å². The average molecular weight is 317 g/mol. The van der Waals surface area contributed by atoms with E-state index in [0.29, 0.717) is 5.02 Å². The van der Waals surface area contributed by atoms with Crippen molar-refractivity contribution >= 4 is 29.0 Å². The van der Waals surface area contributed by atoms with Gasteiger partial charge in [-0.25, -0.2) is 8.78 Å². The van der Waals surface area contributed by atoms with Crippen molar-refractivity contribution in [1.82, 2.24) is 0 Å². The molecule has 0 aliphatic carbocycles. The van der Waals surface area contributed by atoms with Crippen LogP contribution in [-0.2, 0) is 0 Å². The highest BCUT2D eigenvalue weighted by atomic mass is 35.5. The standard InChI is InChI=1S/C14H8Cl2F2O2/c15-8-1-3-10(11(16)5-8)13(19)7-20-14-6-9(17)2-4-12(14)18/h1-6H,7H2. The monoisotopic (exact) mass is 316 g/mol. The van der Waals surface area contributed by atoms with Crippen molar-refractivity contribution in [3.63, 3.8) is 0 Å².